The molecular weight excluding hydrogens is 527 g/mol. The molecule has 2 saturated heterocycles. The average Bonchev–Trinajstić information content (AvgIpc) is 3.24. The molecule has 4 amide bonds. The van der Waals surface area contributed by atoms with E-state index in [2.05, 4.69) is 10.6 Å². The first kappa shape index (κ1) is 28.1. The van der Waals surface area contributed by atoms with Crippen LogP contribution in [0.15, 0.2) is 72.8 Å². The van der Waals surface area contributed by atoms with Crippen LogP contribution in [0.25, 0.3) is 0 Å². The number of ether oxygens (including phenoxy) is 2. The van der Waals surface area contributed by atoms with Gasteiger partial charge in [0.15, 0.2) is 0 Å². The van der Waals surface area contributed by atoms with Gasteiger partial charge in [-0.15, -0.1) is 0 Å². The molecule has 5 rings (SSSR count). The first-order valence-electron chi connectivity index (χ1n) is 13.6. The quantitative estimate of drug-likeness (QED) is 0.265. The fourth-order valence-electron chi connectivity index (χ4n) is 5.07. The van der Waals surface area contributed by atoms with E-state index in [0.717, 1.165) is 35.7 Å². The minimum atomic E-state index is -1.24. The summed E-state index contributed by atoms with van der Waals surface area (Å²) in [6.07, 6.45) is 1.05. The topological polar surface area (TPSA) is 100 Å². The number of carbonyl (C=O) groups is 3. The number of rotatable bonds is 11. The van der Waals surface area contributed by atoms with E-state index in [1.807, 2.05) is 35.2 Å². The lowest BCUT2D eigenvalue weighted by molar-refractivity contribution is -0.134. The molecule has 9 nitrogen and oxygen atoms in total. The number of urea groups is 1. The highest BCUT2D eigenvalue weighted by atomic mass is 19.1. The SMILES string of the molecule is COCCOc1ccc([C@H]2NC(=O)N(C(C(=O)Nc3ccc(N4CCC4)cc3F)C(C)c3ccccc3)C2=O)cc1. The molecule has 2 fully saturated rings. The van der Waals surface area contributed by atoms with E-state index in [9.17, 15) is 14.4 Å². The Morgan fingerprint density at radius 1 is 1.05 bits per heavy atom. The third kappa shape index (κ3) is 6.02. The van der Waals surface area contributed by atoms with Crippen molar-refractivity contribution in [2.45, 2.75) is 31.3 Å². The van der Waals surface area contributed by atoms with Gasteiger partial charge >= 0.3 is 6.03 Å². The Labute approximate surface area is 238 Å². The third-order valence-corrected chi connectivity index (χ3v) is 7.52. The van der Waals surface area contributed by atoms with Crippen LogP contribution in [0.2, 0.25) is 0 Å². The van der Waals surface area contributed by atoms with Gasteiger partial charge in [0.25, 0.3) is 5.91 Å². The first-order valence-corrected chi connectivity index (χ1v) is 13.6. The second-order valence-electron chi connectivity index (χ2n) is 10.1. The van der Waals surface area contributed by atoms with Gasteiger partial charge in [-0.05, 0) is 47.9 Å². The highest BCUT2D eigenvalue weighted by molar-refractivity contribution is 6.10. The number of hydrogen-bond acceptors (Lipinski definition) is 6. The second-order valence-corrected chi connectivity index (χ2v) is 10.1. The summed E-state index contributed by atoms with van der Waals surface area (Å²) in [4.78, 5) is 43.7. The number of benzene rings is 3. The molecule has 2 unspecified atom stereocenters. The van der Waals surface area contributed by atoms with E-state index in [1.165, 1.54) is 12.1 Å². The largest absolute Gasteiger partial charge is 0.491 e. The molecule has 214 valence electrons. The smallest absolute Gasteiger partial charge is 0.325 e. The van der Waals surface area contributed by atoms with Crippen LogP contribution in [-0.4, -0.2) is 62.2 Å². The minimum Gasteiger partial charge on any atom is -0.491 e. The normalized spacial score (nSPS) is 18.0. The molecule has 2 heterocycles. The number of amides is 4. The van der Waals surface area contributed by atoms with Gasteiger partial charge in [0, 0.05) is 31.8 Å². The van der Waals surface area contributed by atoms with Crippen molar-refractivity contribution in [2.75, 3.05) is 43.6 Å². The van der Waals surface area contributed by atoms with Crippen molar-refractivity contribution in [3.63, 3.8) is 0 Å². The highest BCUT2D eigenvalue weighted by Crippen LogP contribution is 2.32. The van der Waals surface area contributed by atoms with Gasteiger partial charge in [-0.25, -0.2) is 14.1 Å². The van der Waals surface area contributed by atoms with Crippen LogP contribution in [0.1, 0.15) is 36.4 Å². The lowest BCUT2D eigenvalue weighted by Crippen LogP contribution is -2.50. The number of halogens is 1. The lowest BCUT2D eigenvalue weighted by atomic mass is 9.91. The van der Waals surface area contributed by atoms with E-state index < -0.39 is 41.7 Å². The number of imide groups is 1. The maximum Gasteiger partial charge on any atom is 0.325 e. The zero-order valence-electron chi connectivity index (χ0n) is 23.0. The van der Waals surface area contributed by atoms with Crippen LogP contribution in [-0.2, 0) is 14.3 Å². The Morgan fingerprint density at radius 3 is 2.41 bits per heavy atom. The molecule has 0 bridgehead atoms. The molecule has 3 aromatic rings. The van der Waals surface area contributed by atoms with Crippen molar-refractivity contribution in [1.82, 2.24) is 10.2 Å². The second kappa shape index (κ2) is 12.4. The molecule has 3 aromatic carbocycles. The summed E-state index contributed by atoms with van der Waals surface area (Å²) in [6, 6.07) is 17.7. The van der Waals surface area contributed by atoms with Crippen molar-refractivity contribution in [2.24, 2.45) is 0 Å². The Kier molecular flexibility index (Phi) is 8.49. The summed E-state index contributed by atoms with van der Waals surface area (Å²) in [5.74, 6) is -1.81. The molecule has 2 N–H and O–H groups in total. The van der Waals surface area contributed by atoms with E-state index in [4.69, 9.17) is 9.47 Å². The molecule has 2 aliphatic rings. The molecular formula is C31H33FN4O5. The van der Waals surface area contributed by atoms with Gasteiger partial charge in [-0.1, -0.05) is 49.4 Å². The van der Waals surface area contributed by atoms with E-state index in [-0.39, 0.29) is 5.69 Å². The average molecular weight is 561 g/mol. The number of carbonyl (C=O) groups excluding carboxylic acids is 3. The van der Waals surface area contributed by atoms with E-state index in [0.29, 0.717) is 24.5 Å². The number of anilines is 2. The molecule has 0 spiro atoms. The van der Waals surface area contributed by atoms with Crippen LogP contribution < -0.4 is 20.3 Å². The minimum absolute atomic E-state index is 0.0165. The molecule has 0 radical (unpaired) electrons. The Morgan fingerprint density at radius 2 is 1.78 bits per heavy atom. The summed E-state index contributed by atoms with van der Waals surface area (Å²) in [5.41, 5.74) is 2.03. The number of hydrogen-bond donors (Lipinski definition) is 2. The van der Waals surface area contributed by atoms with Crippen LogP contribution in [0.3, 0.4) is 0 Å². The predicted octanol–water partition coefficient (Wildman–Crippen LogP) is 4.46. The van der Waals surface area contributed by atoms with Crippen molar-refractivity contribution < 1.29 is 28.2 Å². The van der Waals surface area contributed by atoms with Crippen molar-refractivity contribution in [1.29, 1.82) is 0 Å². The van der Waals surface area contributed by atoms with E-state index in [1.54, 1.807) is 44.4 Å². The Bertz CT molecular complexity index is 1400. The fourth-order valence-corrected chi connectivity index (χ4v) is 5.07. The first-order chi connectivity index (χ1) is 19.9. The number of methoxy groups -OCH3 is 1. The predicted molar refractivity (Wildman–Crippen MR) is 152 cm³/mol. The summed E-state index contributed by atoms with van der Waals surface area (Å²) in [6.45, 7) is 4.29. The molecule has 0 saturated carbocycles. The van der Waals surface area contributed by atoms with Gasteiger partial charge in [0.2, 0.25) is 5.91 Å². The zero-order valence-corrected chi connectivity index (χ0v) is 23.0. The maximum atomic E-state index is 15.0. The third-order valence-electron chi connectivity index (χ3n) is 7.52. The molecule has 0 aromatic heterocycles. The van der Waals surface area contributed by atoms with Crippen LogP contribution in [0, 0.1) is 5.82 Å². The fraction of sp³-hybridized carbons (Fsp3) is 0.323. The van der Waals surface area contributed by atoms with Crippen LogP contribution >= 0.6 is 0 Å². The maximum absolute atomic E-state index is 15.0. The molecule has 10 heteroatoms. The van der Waals surface area contributed by atoms with Gasteiger partial charge in [0.1, 0.15) is 30.3 Å². The van der Waals surface area contributed by atoms with Gasteiger partial charge in [0.05, 0.1) is 12.3 Å². The standard InChI is InChI=1S/C31H33FN4O5/c1-20(21-7-4-3-5-8-21)28(29(37)33-26-14-11-23(19-25(26)32)35-15-6-16-35)36-30(38)27(34-31(36)39)22-9-12-24(13-10-22)41-18-17-40-2/h3-5,7-14,19-20,27-28H,6,15-18H2,1-2H3,(H,33,37)(H,34,39)/t20?,27-,28?/m1/s1. The van der Waals surface area contributed by atoms with Crippen molar-refractivity contribution >= 4 is 29.2 Å². The molecule has 41 heavy (non-hydrogen) atoms. The number of nitrogens with one attached hydrogen (secondary N) is 2. The monoisotopic (exact) mass is 560 g/mol. The van der Waals surface area contributed by atoms with Crippen molar-refractivity contribution in [3.05, 3.63) is 89.7 Å². The summed E-state index contributed by atoms with van der Waals surface area (Å²) in [5, 5.41) is 5.34. The van der Waals surface area contributed by atoms with Gasteiger partial charge in [-0.2, -0.15) is 0 Å². The van der Waals surface area contributed by atoms with Crippen molar-refractivity contribution in [3.8, 4) is 5.75 Å². The molecule has 2 aliphatic heterocycles. The zero-order chi connectivity index (χ0) is 28.9. The summed E-state index contributed by atoms with van der Waals surface area (Å²) >= 11 is 0. The Balaban J connectivity index is 1.39. The summed E-state index contributed by atoms with van der Waals surface area (Å²) < 4.78 is 25.6. The molecule has 3 atom stereocenters. The van der Waals surface area contributed by atoms with Crippen LogP contribution in [0.4, 0.5) is 20.6 Å². The number of nitrogens with zero attached hydrogens (tertiary/aromatic N) is 2. The van der Waals surface area contributed by atoms with Gasteiger partial charge < -0.3 is 25.0 Å². The Hall–Kier alpha value is -4.44. The van der Waals surface area contributed by atoms with E-state index >= 15 is 4.39 Å². The lowest BCUT2D eigenvalue weighted by Gasteiger charge is -2.33. The highest BCUT2D eigenvalue weighted by Gasteiger charge is 2.47. The summed E-state index contributed by atoms with van der Waals surface area (Å²) in [7, 11) is 1.58. The van der Waals surface area contributed by atoms with Gasteiger partial charge in [-0.3, -0.25) is 9.59 Å². The van der Waals surface area contributed by atoms with Crippen LogP contribution in [0.5, 0.6) is 5.75 Å². The molecule has 0 aliphatic carbocycles.